The van der Waals surface area contributed by atoms with E-state index < -0.39 is 0 Å². The highest BCUT2D eigenvalue weighted by Crippen LogP contribution is 2.21. The van der Waals surface area contributed by atoms with Gasteiger partial charge in [-0.1, -0.05) is 61.5 Å². The maximum atomic E-state index is 3.76. The quantitative estimate of drug-likeness (QED) is 0.474. The second kappa shape index (κ2) is 6.94. The van der Waals surface area contributed by atoms with Crippen molar-refractivity contribution < 1.29 is 0 Å². The van der Waals surface area contributed by atoms with Crippen LogP contribution in [0, 0.1) is 0 Å². The monoisotopic (exact) mass is 250 g/mol. The molecule has 98 valence electrons. The van der Waals surface area contributed by atoms with E-state index in [1.807, 2.05) is 6.08 Å². The topological polar surface area (TPSA) is 0 Å². The molecule has 0 aromatic heterocycles. The maximum absolute atomic E-state index is 3.76. The second-order valence-corrected chi connectivity index (χ2v) is 4.93. The Morgan fingerprint density at radius 1 is 0.842 bits per heavy atom. The molecule has 0 spiro atoms. The lowest BCUT2D eigenvalue weighted by molar-refractivity contribution is 0.844. The van der Waals surface area contributed by atoms with Gasteiger partial charge in [0.05, 0.1) is 0 Å². The highest BCUT2D eigenvalue weighted by molar-refractivity contribution is 5.63. The van der Waals surface area contributed by atoms with E-state index >= 15 is 0 Å². The van der Waals surface area contributed by atoms with Gasteiger partial charge in [0.1, 0.15) is 0 Å². The largest absolute Gasteiger partial charge is 0.103 e. The van der Waals surface area contributed by atoms with Crippen molar-refractivity contribution in [2.75, 3.05) is 0 Å². The van der Waals surface area contributed by atoms with E-state index in [1.54, 1.807) is 0 Å². The predicted octanol–water partition coefficient (Wildman–Crippen LogP) is 5.42. The van der Waals surface area contributed by atoms with Crippen LogP contribution in [0.25, 0.3) is 11.1 Å². The summed E-state index contributed by atoms with van der Waals surface area (Å²) in [5.74, 6) is 0. The molecule has 19 heavy (non-hydrogen) atoms. The zero-order valence-corrected chi connectivity index (χ0v) is 11.7. The SMILES string of the molecule is C=CCCCc1ccc(-c2ccc(CC)cc2)cc1. The van der Waals surface area contributed by atoms with Crippen LogP contribution in [-0.4, -0.2) is 0 Å². The zero-order chi connectivity index (χ0) is 13.5. The van der Waals surface area contributed by atoms with Gasteiger partial charge in [0.15, 0.2) is 0 Å². The summed E-state index contributed by atoms with van der Waals surface area (Å²) in [5, 5.41) is 0. The van der Waals surface area contributed by atoms with Gasteiger partial charge < -0.3 is 0 Å². The molecule has 0 bridgehead atoms. The Morgan fingerprint density at radius 2 is 1.37 bits per heavy atom. The van der Waals surface area contributed by atoms with Gasteiger partial charge in [-0.3, -0.25) is 0 Å². The molecule has 0 amide bonds. The number of unbranched alkanes of at least 4 members (excludes halogenated alkanes) is 1. The zero-order valence-electron chi connectivity index (χ0n) is 11.7. The summed E-state index contributed by atoms with van der Waals surface area (Å²) >= 11 is 0. The fourth-order valence-corrected chi connectivity index (χ4v) is 2.25. The first-order valence-electron chi connectivity index (χ1n) is 7.12. The molecule has 0 aliphatic rings. The van der Waals surface area contributed by atoms with E-state index in [2.05, 4.69) is 62.0 Å². The van der Waals surface area contributed by atoms with E-state index in [-0.39, 0.29) is 0 Å². The van der Waals surface area contributed by atoms with Crippen LogP contribution < -0.4 is 0 Å². The van der Waals surface area contributed by atoms with Gasteiger partial charge in [0.2, 0.25) is 0 Å². The summed E-state index contributed by atoms with van der Waals surface area (Å²) < 4.78 is 0. The molecule has 0 heteroatoms. The summed E-state index contributed by atoms with van der Waals surface area (Å²) in [6.45, 7) is 5.95. The Hall–Kier alpha value is -1.82. The van der Waals surface area contributed by atoms with E-state index in [9.17, 15) is 0 Å². The minimum absolute atomic E-state index is 1.10. The van der Waals surface area contributed by atoms with Gasteiger partial charge >= 0.3 is 0 Å². The molecular weight excluding hydrogens is 228 g/mol. The molecule has 2 aromatic rings. The Kier molecular flexibility index (Phi) is 4.97. The second-order valence-electron chi connectivity index (χ2n) is 4.93. The fraction of sp³-hybridized carbons (Fsp3) is 0.263. The minimum Gasteiger partial charge on any atom is -0.103 e. The van der Waals surface area contributed by atoms with Crippen LogP contribution in [0.3, 0.4) is 0 Å². The molecule has 2 aromatic carbocycles. The highest BCUT2D eigenvalue weighted by Gasteiger charge is 1.98. The molecule has 0 fully saturated rings. The van der Waals surface area contributed by atoms with Crippen molar-refractivity contribution in [1.82, 2.24) is 0 Å². The summed E-state index contributed by atoms with van der Waals surface area (Å²) in [6.07, 6.45) is 6.52. The van der Waals surface area contributed by atoms with E-state index in [0.717, 1.165) is 19.3 Å². The Morgan fingerprint density at radius 3 is 1.84 bits per heavy atom. The molecule has 0 atom stereocenters. The van der Waals surface area contributed by atoms with E-state index in [4.69, 9.17) is 0 Å². The number of hydrogen-bond acceptors (Lipinski definition) is 0. The molecule has 0 saturated heterocycles. The van der Waals surface area contributed by atoms with Gasteiger partial charge in [0, 0.05) is 0 Å². The summed E-state index contributed by atoms with van der Waals surface area (Å²) in [5.41, 5.74) is 5.41. The fourth-order valence-electron chi connectivity index (χ4n) is 2.25. The van der Waals surface area contributed by atoms with Crippen molar-refractivity contribution >= 4 is 0 Å². The van der Waals surface area contributed by atoms with E-state index in [1.165, 1.54) is 28.7 Å². The average molecular weight is 250 g/mol. The third-order valence-corrected chi connectivity index (χ3v) is 3.52. The van der Waals surface area contributed by atoms with Gasteiger partial charge in [-0.15, -0.1) is 6.58 Å². The van der Waals surface area contributed by atoms with Crippen molar-refractivity contribution in [2.45, 2.75) is 32.6 Å². The summed E-state index contributed by atoms with van der Waals surface area (Å²) in [4.78, 5) is 0. The Balaban J connectivity index is 2.06. The van der Waals surface area contributed by atoms with Crippen LogP contribution in [0.4, 0.5) is 0 Å². The molecular formula is C19H22. The van der Waals surface area contributed by atoms with Gasteiger partial charge in [-0.2, -0.15) is 0 Å². The van der Waals surface area contributed by atoms with E-state index in [0.29, 0.717) is 0 Å². The molecule has 0 heterocycles. The van der Waals surface area contributed by atoms with Crippen molar-refractivity contribution in [3.8, 4) is 11.1 Å². The van der Waals surface area contributed by atoms with Crippen LogP contribution in [0.5, 0.6) is 0 Å². The van der Waals surface area contributed by atoms with Gasteiger partial charge in [0.25, 0.3) is 0 Å². The minimum atomic E-state index is 1.10. The molecule has 0 N–H and O–H groups in total. The number of hydrogen-bond donors (Lipinski definition) is 0. The third kappa shape index (κ3) is 3.82. The normalized spacial score (nSPS) is 10.4. The van der Waals surface area contributed by atoms with Crippen LogP contribution in [-0.2, 0) is 12.8 Å². The maximum Gasteiger partial charge on any atom is -0.0184 e. The molecule has 0 nitrogen and oxygen atoms in total. The van der Waals surface area contributed by atoms with Crippen LogP contribution in [0.15, 0.2) is 61.2 Å². The predicted molar refractivity (Wildman–Crippen MR) is 84.4 cm³/mol. The number of benzene rings is 2. The van der Waals surface area contributed by atoms with Crippen LogP contribution in [0.1, 0.15) is 30.9 Å². The molecule has 0 aliphatic carbocycles. The third-order valence-electron chi connectivity index (χ3n) is 3.52. The lowest BCUT2D eigenvalue weighted by Crippen LogP contribution is -1.86. The van der Waals surface area contributed by atoms with Crippen molar-refractivity contribution in [3.63, 3.8) is 0 Å². The van der Waals surface area contributed by atoms with Crippen LogP contribution >= 0.6 is 0 Å². The Bertz CT molecular complexity index is 503. The number of rotatable bonds is 6. The average Bonchev–Trinajstić information content (AvgIpc) is 2.48. The molecule has 0 aliphatic heterocycles. The lowest BCUT2D eigenvalue weighted by atomic mass is 10.0. The highest BCUT2D eigenvalue weighted by atomic mass is 14.0. The Labute approximate surface area is 116 Å². The van der Waals surface area contributed by atoms with Gasteiger partial charge in [-0.25, -0.2) is 0 Å². The van der Waals surface area contributed by atoms with Crippen LogP contribution in [0.2, 0.25) is 0 Å². The first kappa shape index (κ1) is 13.6. The molecule has 0 radical (unpaired) electrons. The molecule has 2 rings (SSSR count). The van der Waals surface area contributed by atoms with Gasteiger partial charge in [-0.05, 0) is 47.9 Å². The standard InChI is InChI=1S/C19H22/c1-3-5-6-7-17-10-14-19(15-11-17)18-12-8-16(4-2)9-13-18/h3,8-15H,1,4-7H2,2H3. The van der Waals surface area contributed by atoms with Crippen molar-refractivity contribution in [2.24, 2.45) is 0 Å². The summed E-state index contributed by atoms with van der Waals surface area (Å²) in [7, 11) is 0. The van der Waals surface area contributed by atoms with Crippen molar-refractivity contribution in [1.29, 1.82) is 0 Å². The van der Waals surface area contributed by atoms with Crippen molar-refractivity contribution in [3.05, 3.63) is 72.3 Å². The molecule has 0 saturated carbocycles. The first-order chi connectivity index (χ1) is 9.33. The summed E-state index contributed by atoms with van der Waals surface area (Å²) in [6, 6.07) is 17.8. The molecule has 0 unspecified atom stereocenters. The first-order valence-corrected chi connectivity index (χ1v) is 7.12. The lowest BCUT2D eigenvalue weighted by Gasteiger charge is -2.05. The smallest absolute Gasteiger partial charge is 0.0184 e. The number of allylic oxidation sites excluding steroid dienone is 1. The number of aryl methyl sites for hydroxylation is 2.